The molecule has 1 amide bonds. The molecule has 1 aliphatic carbocycles. The Labute approximate surface area is 229 Å². The second-order valence-electron chi connectivity index (χ2n) is 9.37. The molecule has 7 nitrogen and oxygen atoms in total. The van der Waals surface area contributed by atoms with Crippen molar-refractivity contribution in [1.29, 1.82) is 0 Å². The Hall–Kier alpha value is -3.98. The Bertz CT molecular complexity index is 1560. The molecule has 5 rings (SSSR count). The van der Waals surface area contributed by atoms with Gasteiger partial charge in [0.25, 0.3) is 11.5 Å². The molecule has 9 heteroatoms. The summed E-state index contributed by atoms with van der Waals surface area (Å²) in [6.45, 7) is 2.42. The molecule has 1 N–H and O–H groups in total. The molecule has 0 radical (unpaired) electrons. The largest absolute Gasteiger partial charge is 0.494 e. The second-order valence-corrected chi connectivity index (χ2v) is 10.3. The Morgan fingerprint density at radius 2 is 1.72 bits per heavy atom. The van der Waals surface area contributed by atoms with Crippen molar-refractivity contribution in [3.63, 3.8) is 0 Å². The highest BCUT2D eigenvalue weighted by atomic mass is 32.2. The molecule has 1 heterocycles. The fraction of sp³-hybridized carbons (Fsp3) is 0.267. The van der Waals surface area contributed by atoms with Gasteiger partial charge in [-0.15, -0.1) is 0 Å². The predicted molar refractivity (Wildman–Crippen MR) is 150 cm³/mol. The lowest BCUT2D eigenvalue weighted by Gasteiger charge is -2.15. The number of carbonyl (C=O) groups excluding carboxylic acids is 2. The Morgan fingerprint density at radius 1 is 1.03 bits per heavy atom. The van der Waals surface area contributed by atoms with Crippen molar-refractivity contribution in [2.75, 3.05) is 12.4 Å². The lowest BCUT2D eigenvalue weighted by atomic mass is 10.1. The molecule has 1 fully saturated rings. The molecule has 4 aromatic rings. The van der Waals surface area contributed by atoms with Gasteiger partial charge in [0.15, 0.2) is 10.9 Å². The minimum Gasteiger partial charge on any atom is -0.494 e. The summed E-state index contributed by atoms with van der Waals surface area (Å²) in [5, 5.41) is 3.65. The van der Waals surface area contributed by atoms with Crippen molar-refractivity contribution in [3.05, 3.63) is 94.0 Å². The number of thioether (sulfide) groups is 1. The number of ether oxygens (including phenoxy) is 1. The number of amides is 1. The van der Waals surface area contributed by atoms with Crippen molar-refractivity contribution in [1.82, 2.24) is 14.9 Å². The highest BCUT2D eigenvalue weighted by Crippen LogP contribution is 2.24. The van der Waals surface area contributed by atoms with Crippen LogP contribution >= 0.6 is 11.8 Å². The van der Waals surface area contributed by atoms with Gasteiger partial charge in [0.1, 0.15) is 11.6 Å². The number of carbonyl (C=O) groups is 2. The summed E-state index contributed by atoms with van der Waals surface area (Å²) in [5.74, 6) is -0.0790. The number of halogens is 1. The normalized spacial score (nSPS) is 13.5. The molecule has 0 aliphatic heterocycles. The molecule has 39 heavy (non-hydrogen) atoms. The van der Waals surface area contributed by atoms with E-state index in [9.17, 15) is 18.8 Å². The molecule has 1 aromatic heterocycles. The number of hydrogen-bond donors (Lipinski definition) is 1. The zero-order valence-corrected chi connectivity index (χ0v) is 22.3. The fourth-order valence-electron chi connectivity index (χ4n) is 4.68. The van der Waals surface area contributed by atoms with E-state index < -0.39 is 5.82 Å². The van der Waals surface area contributed by atoms with Gasteiger partial charge < -0.3 is 10.1 Å². The zero-order chi connectivity index (χ0) is 27.4. The monoisotopic (exact) mass is 545 g/mol. The first-order valence-electron chi connectivity index (χ1n) is 13.0. The first-order chi connectivity index (χ1) is 18.9. The van der Waals surface area contributed by atoms with Crippen molar-refractivity contribution in [2.24, 2.45) is 0 Å². The molecule has 0 unspecified atom stereocenters. The summed E-state index contributed by atoms with van der Waals surface area (Å²) >= 11 is 1.11. The van der Waals surface area contributed by atoms with Gasteiger partial charge in [-0.1, -0.05) is 24.6 Å². The average molecular weight is 546 g/mol. The molecular formula is C30H28FN3O4S. The van der Waals surface area contributed by atoms with Gasteiger partial charge in [-0.05, 0) is 86.5 Å². The van der Waals surface area contributed by atoms with Crippen molar-refractivity contribution >= 4 is 34.4 Å². The third-order valence-corrected chi connectivity index (χ3v) is 7.63. The third-order valence-electron chi connectivity index (χ3n) is 6.70. The first kappa shape index (κ1) is 26.6. The van der Waals surface area contributed by atoms with E-state index in [0.717, 1.165) is 37.4 Å². The summed E-state index contributed by atoms with van der Waals surface area (Å²) in [5.41, 5.74) is 1.34. The highest BCUT2D eigenvalue weighted by Gasteiger charge is 2.20. The number of nitrogens with one attached hydrogen (secondary N) is 1. The van der Waals surface area contributed by atoms with Crippen LogP contribution < -0.4 is 15.6 Å². The minimum absolute atomic E-state index is 0.0228. The van der Waals surface area contributed by atoms with Crippen LogP contribution in [0.25, 0.3) is 16.6 Å². The second kappa shape index (κ2) is 11.8. The molecule has 0 bridgehead atoms. The number of benzene rings is 3. The van der Waals surface area contributed by atoms with Crippen LogP contribution in [0.15, 0.2) is 76.7 Å². The lowest BCUT2D eigenvalue weighted by Crippen LogP contribution is -2.32. The SMILES string of the molecule is CCOc1ccc(C(=O)CSc2nc3cc(C(=O)NC4CCCC4)ccc3c(=O)n2-c2ccc(F)cc2)cc1. The van der Waals surface area contributed by atoms with Crippen molar-refractivity contribution in [2.45, 2.75) is 43.8 Å². The topological polar surface area (TPSA) is 90.3 Å². The number of aromatic nitrogens is 2. The van der Waals surface area contributed by atoms with Gasteiger partial charge in [0.05, 0.1) is 29.0 Å². The third kappa shape index (κ3) is 6.04. The van der Waals surface area contributed by atoms with E-state index in [1.54, 1.807) is 42.5 Å². The van der Waals surface area contributed by atoms with Crippen LogP contribution in [0.3, 0.4) is 0 Å². The summed E-state index contributed by atoms with van der Waals surface area (Å²) in [6.07, 6.45) is 4.12. The Kier molecular flexibility index (Phi) is 8.07. The Balaban J connectivity index is 1.48. The lowest BCUT2D eigenvalue weighted by molar-refractivity contribution is 0.0937. The standard InChI is InChI=1S/C30H28FN3O4S/c1-2-38-24-14-7-19(8-15-24)27(35)18-39-30-33-26-17-20(28(36)32-22-5-3-4-6-22)9-16-25(26)29(37)34(30)23-12-10-21(31)11-13-23/h7-17,22H,2-6,18H2,1H3,(H,32,36). The van der Waals surface area contributed by atoms with Gasteiger partial charge in [-0.3, -0.25) is 19.0 Å². The number of rotatable bonds is 9. The molecule has 1 aliphatic rings. The maximum atomic E-state index is 13.6. The predicted octanol–water partition coefficient (Wildman–Crippen LogP) is 5.57. The highest BCUT2D eigenvalue weighted by molar-refractivity contribution is 7.99. The molecule has 0 atom stereocenters. The number of fused-ring (bicyclic) bond motifs is 1. The van der Waals surface area contributed by atoms with E-state index in [1.807, 2.05) is 6.92 Å². The van der Waals surface area contributed by atoms with Crippen LogP contribution in [0.5, 0.6) is 5.75 Å². The molecule has 0 saturated heterocycles. The molecular weight excluding hydrogens is 517 g/mol. The average Bonchev–Trinajstić information content (AvgIpc) is 3.46. The maximum Gasteiger partial charge on any atom is 0.266 e. The smallest absolute Gasteiger partial charge is 0.266 e. The van der Waals surface area contributed by atoms with E-state index in [4.69, 9.17) is 9.72 Å². The molecule has 200 valence electrons. The van der Waals surface area contributed by atoms with Crippen molar-refractivity contribution < 1.29 is 18.7 Å². The first-order valence-corrected chi connectivity index (χ1v) is 13.9. The van der Waals surface area contributed by atoms with Crippen LogP contribution in [0.1, 0.15) is 53.3 Å². The van der Waals surface area contributed by atoms with Gasteiger partial charge in [0, 0.05) is 17.2 Å². The van der Waals surface area contributed by atoms with E-state index in [0.29, 0.717) is 40.1 Å². The van der Waals surface area contributed by atoms with Crippen LogP contribution in [-0.4, -0.2) is 39.6 Å². The van der Waals surface area contributed by atoms with Crippen LogP contribution in [0, 0.1) is 5.82 Å². The Morgan fingerprint density at radius 3 is 2.41 bits per heavy atom. The quantitative estimate of drug-likeness (QED) is 0.168. The van der Waals surface area contributed by atoms with Crippen molar-refractivity contribution in [3.8, 4) is 11.4 Å². The molecule has 1 saturated carbocycles. The fourth-order valence-corrected chi connectivity index (χ4v) is 5.58. The number of hydrogen-bond acceptors (Lipinski definition) is 6. The van der Waals surface area contributed by atoms with E-state index >= 15 is 0 Å². The molecule has 0 spiro atoms. The number of Topliss-reactive ketones (excluding diaryl/α,β-unsaturated/α-hetero) is 1. The molecule has 3 aromatic carbocycles. The number of nitrogens with zero attached hydrogens (tertiary/aromatic N) is 2. The van der Waals surface area contributed by atoms with Gasteiger partial charge in [-0.2, -0.15) is 0 Å². The van der Waals surface area contributed by atoms with E-state index in [2.05, 4.69) is 5.32 Å². The van der Waals surface area contributed by atoms with Crippen LogP contribution in [-0.2, 0) is 0 Å². The van der Waals surface area contributed by atoms with Gasteiger partial charge >= 0.3 is 0 Å². The summed E-state index contributed by atoms with van der Waals surface area (Å²) in [6, 6.07) is 17.4. The van der Waals surface area contributed by atoms with Gasteiger partial charge in [0.2, 0.25) is 0 Å². The zero-order valence-electron chi connectivity index (χ0n) is 21.5. The number of ketones is 1. The van der Waals surface area contributed by atoms with Gasteiger partial charge in [-0.25, -0.2) is 9.37 Å². The summed E-state index contributed by atoms with van der Waals surface area (Å²) in [7, 11) is 0. The van der Waals surface area contributed by atoms with Crippen LogP contribution in [0.2, 0.25) is 0 Å². The minimum atomic E-state index is -0.432. The van der Waals surface area contributed by atoms with E-state index in [1.165, 1.54) is 28.8 Å². The summed E-state index contributed by atoms with van der Waals surface area (Å²) in [4.78, 5) is 44.1. The maximum absolute atomic E-state index is 13.6. The summed E-state index contributed by atoms with van der Waals surface area (Å²) < 4.78 is 20.5. The van der Waals surface area contributed by atoms with E-state index in [-0.39, 0.29) is 34.2 Å². The van der Waals surface area contributed by atoms with Crippen LogP contribution in [0.4, 0.5) is 4.39 Å².